The number of nitrogens with one attached hydrogen (secondary N) is 1. The number of carbonyl (C=O) groups excluding carboxylic acids is 1. The van der Waals surface area contributed by atoms with E-state index in [0.717, 1.165) is 30.9 Å². The molecule has 0 aromatic heterocycles. The third kappa shape index (κ3) is 4.24. The second kappa shape index (κ2) is 8.80. The van der Waals surface area contributed by atoms with Gasteiger partial charge in [-0.25, -0.2) is 13.6 Å². The average Bonchev–Trinajstić information content (AvgIpc) is 2.75. The maximum atomic E-state index is 14.9. The van der Waals surface area contributed by atoms with Crippen molar-refractivity contribution in [1.29, 1.82) is 0 Å². The predicted molar refractivity (Wildman–Crippen MR) is 118 cm³/mol. The maximum Gasteiger partial charge on any atom is 0.413 e. The molecule has 0 spiro atoms. The Morgan fingerprint density at radius 3 is 2.83 bits per heavy atom. The summed E-state index contributed by atoms with van der Waals surface area (Å²) < 4.78 is 34.0. The molecule has 156 valence electrons. The molecule has 1 fully saturated rings. The van der Waals surface area contributed by atoms with E-state index in [4.69, 9.17) is 9.73 Å². The van der Waals surface area contributed by atoms with Gasteiger partial charge in [-0.05, 0) is 24.3 Å². The number of aliphatic imine (C=N–C) groups is 1. The lowest BCUT2D eigenvalue weighted by Crippen LogP contribution is -2.45. The largest absolute Gasteiger partial charge is 0.444 e. The van der Waals surface area contributed by atoms with Gasteiger partial charge < -0.3 is 4.74 Å². The molecule has 2 atom stereocenters. The number of hydrogen-bond donors (Lipinski definition) is 1. The number of ether oxygens (including phenoxy) is 1. The molecule has 1 heterocycles. The zero-order valence-corrected chi connectivity index (χ0v) is 17.6. The summed E-state index contributed by atoms with van der Waals surface area (Å²) in [5.41, 5.74) is 0.922. The first-order chi connectivity index (χ1) is 14.5. The van der Waals surface area contributed by atoms with Gasteiger partial charge in [0, 0.05) is 17.4 Å². The van der Waals surface area contributed by atoms with E-state index in [9.17, 15) is 13.6 Å². The molecule has 0 unspecified atom stereocenters. The molecule has 0 radical (unpaired) electrons. The summed E-state index contributed by atoms with van der Waals surface area (Å²) >= 11 is 1.45. The van der Waals surface area contributed by atoms with Gasteiger partial charge in [-0.2, -0.15) is 0 Å². The van der Waals surface area contributed by atoms with Crippen molar-refractivity contribution >= 4 is 36.3 Å². The van der Waals surface area contributed by atoms with Crippen molar-refractivity contribution in [3.8, 4) is 0 Å². The van der Waals surface area contributed by atoms with Gasteiger partial charge in [-0.15, -0.1) is 0 Å². The number of nitrogens with zero attached hydrogens (tertiary/aromatic N) is 1. The number of halogens is 2. The molecule has 2 aromatic rings. The molecule has 8 heteroatoms. The van der Waals surface area contributed by atoms with Crippen LogP contribution in [0.4, 0.5) is 13.6 Å². The topological polar surface area (TPSA) is 50.7 Å². The van der Waals surface area contributed by atoms with Gasteiger partial charge in [0.25, 0.3) is 0 Å². The third-order valence-electron chi connectivity index (χ3n) is 5.89. The van der Waals surface area contributed by atoms with E-state index in [0.29, 0.717) is 28.4 Å². The first-order valence-corrected chi connectivity index (χ1v) is 11.1. The number of hydrogen-bond acceptors (Lipinski definition) is 4. The molecular weight excluding hydrogens is 405 g/mol. The van der Waals surface area contributed by atoms with Crippen LogP contribution in [0.1, 0.15) is 36.8 Å². The van der Waals surface area contributed by atoms with Crippen LogP contribution in [0.25, 0.3) is 0 Å². The zero-order chi connectivity index (χ0) is 21.1. The summed E-state index contributed by atoms with van der Waals surface area (Å²) in [5, 5.41) is 3.14. The van der Waals surface area contributed by atoms with Crippen LogP contribution in [-0.2, 0) is 16.9 Å². The molecule has 1 amide bonds. The monoisotopic (exact) mass is 428 g/mol. The highest BCUT2D eigenvalue weighted by Gasteiger charge is 2.46. The quantitative estimate of drug-likeness (QED) is 0.760. The Labute approximate surface area is 179 Å². The van der Waals surface area contributed by atoms with Crippen molar-refractivity contribution in [3.05, 3.63) is 65.2 Å². The normalized spacial score (nSPS) is 23.3. The van der Waals surface area contributed by atoms with Crippen LogP contribution in [0, 0.1) is 17.6 Å². The van der Waals surface area contributed by atoms with Gasteiger partial charge >= 0.3 is 6.09 Å². The standard InChI is InChI=1S/C22H23BF2N2O2S/c23-17-10-16(18(24)11-19(17)25)22-9-5-4-8-15(22)13-30-20(27-22)26-21(28)29-12-14-6-2-1-3-7-14/h1-3,6-7,10-11,15H,4-5,8-9,12-13,23H2,(H,26,27,28)/t15-,22-/m0/s1. The minimum Gasteiger partial charge on any atom is -0.444 e. The van der Waals surface area contributed by atoms with Crippen molar-refractivity contribution < 1.29 is 18.3 Å². The van der Waals surface area contributed by atoms with Crippen molar-refractivity contribution in [2.45, 2.75) is 37.8 Å². The van der Waals surface area contributed by atoms with Crippen LogP contribution in [0.15, 0.2) is 47.5 Å². The summed E-state index contributed by atoms with van der Waals surface area (Å²) in [5.74, 6) is -0.279. The lowest BCUT2D eigenvalue weighted by atomic mass is 9.69. The lowest BCUT2D eigenvalue weighted by Gasteiger charge is -2.44. The van der Waals surface area contributed by atoms with Crippen LogP contribution in [0.5, 0.6) is 0 Å². The second-order valence-corrected chi connectivity index (χ2v) is 8.87. The molecule has 2 aromatic carbocycles. The lowest BCUT2D eigenvalue weighted by molar-refractivity contribution is 0.145. The Morgan fingerprint density at radius 2 is 2.03 bits per heavy atom. The summed E-state index contributed by atoms with van der Waals surface area (Å²) in [4.78, 5) is 17.1. The van der Waals surface area contributed by atoms with E-state index >= 15 is 0 Å². The molecule has 1 aliphatic heterocycles. The van der Waals surface area contributed by atoms with Crippen molar-refractivity contribution in [2.75, 3.05) is 5.75 Å². The van der Waals surface area contributed by atoms with E-state index < -0.39 is 23.3 Å². The van der Waals surface area contributed by atoms with Gasteiger partial charge in [0.15, 0.2) is 5.17 Å². The van der Waals surface area contributed by atoms with E-state index in [-0.39, 0.29) is 12.5 Å². The number of benzene rings is 2. The molecule has 4 rings (SSSR count). The smallest absolute Gasteiger partial charge is 0.413 e. The Bertz CT molecular complexity index is 973. The number of carbonyl (C=O) groups is 1. The Hall–Kier alpha value is -2.35. The Morgan fingerprint density at radius 1 is 1.23 bits per heavy atom. The van der Waals surface area contributed by atoms with Gasteiger partial charge in [0.2, 0.25) is 0 Å². The first kappa shape index (κ1) is 20.9. The highest BCUT2D eigenvalue weighted by molar-refractivity contribution is 8.13. The highest BCUT2D eigenvalue weighted by atomic mass is 32.2. The number of amides is 1. The fourth-order valence-electron chi connectivity index (χ4n) is 4.30. The summed E-state index contributed by atoms with van der Waals surface area (Å²) in [6.45, 7) is 0.157. The average molecular weight is 428 g/mol. The van der Waals surface area contributed by atoms with Crippen molar-refractivity contribution in [1.82, 2.24) is 5.32 Å². The Kier molecular flexibility index (Phi) is 6.13. The second-order valence-electron chi connectivity index (χ2n) is 7.86. The van der Waals surface area contributed by atoms with Crippen molar-refractivity contribution in [3.63, 3.8) is 0 Å². The number of rotatable bonds is 3. The fraction of sp³-hybridized carbons (Fsp3) is 0.364. The maximum absolute atomic E-state index is 14.9. The molecule has 0 bridgehead atoms. The van der Waals surface area contributed by atoms with Gasteiger partial charge in [0.05, 0.1) is 5.54 Å². The van der Waals surface area contributed by atoms with E-state index in [1.54, 1.807) is 13.9 Å². The Balaban J connectivity index is 1.57. The molecule has 2 aliphatic rings. The van der Waals surface area contributed by atoms with Crippen LogP contribution in [-0.4, -0.2) is 24.9 Å². The molecule has 1 saturated carbocycles. The summed E-state index contributed by atoms with van der Waals surface area (Å²) in [6.07, 6.45) is 2.98. The van der Waals surface area contributed by atoms with E-state index in [1.165, 1.54) is 11.8 Å². The predicted octanol–water partition coefficient (Wildman–Crippen LogP) is 3.64. The third-order valence-corrected chi connectivity index (χ3v) is 6.93. The SMILES string of the molecule is Bc1cc([C@]23CCCC[C@H]2CSC(NC(=O)OCc2ccccc2)=N3)c(F)cc1F. The summed E-state index contributed by atoms with van der Waals surface area (Å²) in [6, 6.07) is 11.9. The number of thioether (sulfide) groups is 1. The van der Waals surface area contributed by atoms with Gasteiger partial charge in [0.1, 0.15) is 26.1 Å². The highest BCUT2D eigenvalue weighted by Crippen LogP contribution is 2.49. The molecule has 4 nitrogen and oxygen atoms in total. The minimum absolute atomic E-state index is 0.140. The molecule has 0 saturated heterocycles. The van der Waals surface area contributed by atoms with Crippen LogP contribution in [0.2, 0.25) is 0 Å². The molecule has 1 N–H and O–H groups in total. The molecular formula is C22H23BF2N2O2S. The first-order valence-electron chi connectivity index (χ1n) is 10.1. The van der Waals surface area contributed by atoms with Crippen molar-refractivity contribution in [2.24, 2.45) is 10.9 Å². The van der Waals surface area contributed by atoms with Crippen LogP contribution < -0.4 is 10.8 Å². The number of fused-ring (bicyclic) bond motifs is 1. The number of alkyl carbamates (subject to hydrolysis) is 1. The fourth-order valence-corrected chi connectivity index (χ4v) is 5.49. The van der Waals surface area contributed by atoms with Gasteiger partial charge in [-0.1, -0.05) is 66.5 Å². The van der Waals surface area contributed by atoms with Crippen LogP contribution >= 0.6 is 11.8 Å². The summed E-state index contributed by atoms with van der Waals surface area (Å²) in [7, 11) is 1.63. The van der Waals surface area contributed by atoms with Gasteiger partial charge in [-0.3, -0.25) is 10.3 Å². The zero-order valence-electron chi connectivity index (χ0n) is 16.8. The van der Waals surface area contributed by atoms with E-state index in [2.05, 4.69) is 5.32 Å². The molecule has 1 aliphatic carbocycles. The van der Waals surface area contributed by atoms with E-state index in [1.807, 2.05) is 30.3 Å². The minimum atomic E-state index is -0.784. The molecule has 30 heavy (non-hydrogen) atoms. The van der Waals surface area contributed by atoms with Crippen LogP contribution in [0.3, 0.4) is 0 Å². The number of amidine groups is 1.